The Morgan fingerprint density at radius 3 is 2.48 bits per heavy atom. The van der Waals surface area contributed by atoms with Gasteiger partial charge in [-0.15, -0.1) is 4.72 Å². The average Bonchev–Trinajstić information content (AvgIpc) is 2.76. The number of carbonyl (C=O) groups is 1. The molecule has 168 valence electrons. The van der Waals surface area contributed by atoms with Gasteiger partial charge in [0.2, 0.25) is 5.91 Å². The van der Waals surface area contributed by atoms with Gasteiger partial charge in [-0.1, -0.05) is 12.1 Å². The first-order valence-electron chi connectivity index (χ1n) is 10.8. The lowest BCUT2D eigenvalue weighted by molar-refractivity contribution is -0.126. The van der Waals surface area contributed by atoms with Crippen molar-refractivity contribution in [2.45, 2.75) is 63.4 Å². The van der Waals surface area contributed by atoms with Crippen LogP contribution in [0, 0.1) is 18.7 Å². The molecule has 1 fully saturated rings. The van der Waals surface area contributed by atoms with Gasteiger partial charge in [-0.25, -0.2) is 4.39 Å². The van der Waals surface area contributed by atoms with E-state index >= 15 is 0 Å². The van der Waals surface area contributed by atoms with Crippen LogP contribution in [0.15, 0.2) is 47.4 Å². The fraction of sp³-hybridized carbons (Fsp3) is 0.458. The lowest BCUT2D eigenvalue weighted by atomic mass is 9.85. The maximum absolute atomic E-state index is 13.1. The van der Waals surface area contributed by atoms with Gasteiger partial charge in [-0.2, -0.15) is 0 Å². The summed E-state index contributed by atoms with van der Waals surface area (Å²) in [7, 11) is 0. The van der Waals surface area contributed by atoms with E-state index in [4.69, 9.17) is 4.74 Å². The van der Waals surface area contributed by atoms with E-state index in [0.29, 0.717) is 6.61 Å². The molecule has 0 aromatic heterocycles. The Morgan fingerprint density at radius 2 is 1.87 bits per heavy atom. The number of rotatable bonds is 8. The third kappa shape index (κ3) is 6.45. The summed E-state index contributed by atoms with van der Waals surface area (Å²) in [6, 6.07) is 11.7. The van der Waals surface area contributed by atoms with E-state index in [-0.39, 0.29) is 29.7 Å². The molecule has 1 unspecified atom stereocenters. The van der Waals surface area contributed by atoms with Gasteiger partial charge in [0.1, 0.15) is 11.6 Å². The molecule has 1 saturated carbocycles. The molecule has 0 heterocycles. The minimum absolute atomic E-state index is 0.0264. The van der Waals surface area contributed by atoms with Crippen LogP contribution in [-0.4, -0.2) is 23.1 Å². The molecule has 0 aliphatic heterocycles. The van der Waals surface area contributed by atoms with E-state index in [1.807, 2.05) is 39.0 Å². The molecular weight excluding hydrogens is 415 g/mol. The third-order valence-electron chi connectivity index (χ3n) is 5.76. The highest BCUT2D eigenvalue weighted by Crippen LogP contribution is 2.28. The zero-order valence-electron chi connectivity index (χ0n) is 18.3. The molecule has 1 aliphatic carbocycles. The lowest BCUT2D eigenvalue weighted by Crippen LogP contribution is -2.41. The first-order valence-corrected chi connectivity index (χ1v) is 12.0. The predicted octanol–water partition coefficient (Wildman–Crippen LogP) is 4.58. The molecule has 0 bridgehead atoms. The first-order chi connectivity index (χ1) is 14.9. The summed E-state index contributed by atoms with van der Waals surface area (Å²) in [5.41, 5.74) is 1.84. The van der Waals surface area contributed by atoms with E-state index in [1.54, 1.807) is 12.1 Å². The van der Waals surface area contributed by atoms with Gasteiger partial charge in [-0.05, 0) is 81.8 Å². The van der Waals surface area contributed by atoms with Gasteiger partial charge >= 0.3 is 0 Å². The molecule has 0 radical (unpaired) electrons. The normalized spacial score (nSPS) is 20.7. The van der Waals surface area contributed by atoms with Crippen molar-refractivity contribution in [1.29, 1.82) is 0 Å². The van der Waals surface area contributed by atoms with E-state index in [9.17, 15) is 13.7 Å². The van der Waals surface area contributed by atoms with Crippen molar-refractivity contribution in [2.75, 3.05) is 6.61 Å². The fourth-order valence-electron chi connectivity index (χ4n) is 3.91. The molecule has 31 heavy (non-hydrogen) atoms. The van der Waals surface area contributed by atoms with Gasteiger partial charge in [0.15, 0.2) is 4.90 Å². The van der Waals surface area contributed by atoms with Crippen molar-refractivity contribution in [3.8, 4) is 5.75 Å². The number of amides is 1. The highest BCUT2D eigenvalue weighted by molar-refractivity contribution is 7.89. The Labute approximate surface area is 187 Å². The molecule has 2 N–H and O–H groups in total. The van der Waals surface area contributed by atoms with Crippen molar-refractivity contribution in [3.05, 3.63) is 59.4 Å². The monoisotopic (exact) mass is 446 g/mol. The smallest absolute Gasteiger partial charge is 0.223 e. The van der Waals surface area contributed by atoms with E-state index in [0.717, 1.165) is 47.5 Å². The number of ether oxygens (including phenoxy) is 1. The quantitative estimate of drug-likeness (QED) is 0.582. The van der Waals surface area contributed by atoms with Crippen LogP contribution in [0.3, 0.4) is 0 Å². The molecule has 0 saturated heterocycles. The second-order valence-electron chi connectivity index (χ2n) is 8.08. The second kappa shape index (κ2) is 11.0. The van der Waals surface area contributed by atoms with Gasteiger partial charge in [0.05, 0.1) is 30.1 Å². The average molecular weight is 447 g/mol. The Hall–Kier alpha value is -2.09. The van der Waals surface area contributed by atoms with E-state index < -0.39 is 11.4 Å². The van der Waals surface area contributed by atoms with Crippen molar-refractivity contribution < 1.29 is 18.5 Å². The number of carbonyl (C=O) groups excluding carboxylic acids is 1. The third-order valence-corrected chi connectivity index (χ3v) is 6.99. The number of benzene rings is 2. The number of nitrogens with one attached hydrogen (secondary N) is 2. The van der Waals surface area contributed by atoms with E-state index in [1.165, 1.54) is 12.1 Å². The van der Waals surface area contributed by atoms with Crippen LogP contribution in [0.1, 0.15) is 56.7 Å². The van der Waals surface area contributed by atoms with Crippen LogP contribution >= 0.6 is 0 Å². The maximum atomic E-state index is 13.1. The minimum Gasteiger partial charge on any atom is -0.593 e. The summed E-state index contributed by atoms with van der Waals surface area (Å²) in [6.07, 6.45) is 3.09. The Morgan fingerprint density at radius 1 is 1.19 bits per heavy atom. The SMILES string of the molecule is CCOc1ccc([S+]([O-])N[C@H]2CC[C@H](C(=O)N[C@H](C)c3ccc(F)cc3)CC2)cc1C. The van der Waals surface area contributed by atoms with Crippen molar-refractivity contribution >= 4 is 17.3 Å². The van der Waals surface area contributed by atoms with Crippen molar-refractivity contribution in [2.24, 2.45) is 5.92 Å². The molecule has 5 nitrogen and oxygen atoms in total. The summed E-state index contributed by atoms with van der Waals surface area (Å²) in [6.45, 7) is 6.39. The molecule has 2 aromatic rings. The second-order valence-corrected chi connectivity index (χ2v) is 9.32. The highest BCUT2D eigenvalue weighted by atomic mass is 32.2. The molecule has 1 amide bonds. The van der Waals surface area contributed by atoms with Crippen LogP contribution in [0.25, 0.3) is 0 Å². The largest absolute Gasteiger partial charge is 0.593 e. The molecule has 7 heteroatoms. The van der Waals surface area contributed by atoms with Crippen LogP contribution in [0.2, 0.25) is 0 Å². The summed E-state index contributed by atoms with van der Waals surface area (Å²) in [5, 5.41) is 3.03. The number of halogens is 1. The van der Waals surface area contributed by atoms with Gasteiger partial charge in [-0.3, -0.25) is 4.79 Å². The molecule has 0 spiro atoms. The molecule has 1 aliphatic rings. The molecule has 3 rings (SSSR count). The predicted molar refractivity (Wildman–Crippen MR) is 121 cm³/mol. The van der Waals surface area contributed by atoms with Crippen molar-refractivity contribution in [1.82, 2.24) is 10.0 Å². The summed E-state index contributed by atoms with van der Waals surface area (Å²) < 4.78 is 34.6. The van der Waals surface area contributed by atoms with Crippen LogP contribution in [0.4, 0.5) is 4.39 Å². The van der Waals surface area contributed by atoms with Gasteiger partial charge in [0, 0.05) is 12.0 Å². The maximum Gasteiger partial charge on any atom is 0.223 e. The Bertz CT molecular complexity index is 870. The van der Waals surface area contributed by atoms with Gasteiger partial charge in [0.25, 0.3) is 0 Å². The summed E-state index contributed by atoms with van der Waals surface area (Å²) in [4.78, 5) is 13.4. The Kier molecular flexibility index (Phi) is 8.35. The van der Waals surface area contributed by atoms with Crippen LogP contribution in [-0.2, 0) is 16.2 Å². The Balaban J connectivity index is 1.47. The first kappa shape index (κ1) is 23.6. The topological polar surface area (TPSA) is 73.4 Å². The van der Waals surface area contributed by atoms with E-state index in [2.05, 4.69) is 10.0 Å². The standard InChI is InChI=1S/C24H31FN2O3S/c1-4-30-23-14-13-22(15-16(23)2)31(29)27-21-11-7-19(8-12-21)24(28)26-17(3)18-5-9-20(25)10-6-18/h5-6,9-10,13-15,17,19,21,27H,4,7-8,11-12H2,1-3H3,(H,26,28)/t17-,19-,21-,31?/m1/s1. The highest BCUT2D eigenvalue weighted by Gasteiger charge is 2.29. The number of aryl methyl sites for hydroxylation is 1. The van der Waals surface area contributed by atoms with Crippen LogP contribution in [0.5, 0.6) is 5.75 Å². The fourth-order valence-corrected chi connectivity index (χ4v) is 5.06. The summed E-state index contributed by atoms with van der Waals surface area (Å²) in [5.74, 6) is 0.496. The van der Waals surface area contributed by atoms with Crippen molar-refractivity contribution in [3.63, 3.8) is 0 Å². The number of hydrogen-bond donors (Lipinski definition) is 2. The minimum atomic E-state index is -1.30. The molecular formula is C24H31FN2O3S. The van der Waals surface area contributed by atoms with Crippen LogP contribution < -0.4 is 14.8 Å². The molecule has 2 aromatic carbocycles. The lowest BCUT2D eigenvalue weighted by Gasteiger charge is -2.29. The molecule has 2 atom stereocenters. The van der Waals surface area contributed by atoms with Gasteiger partial charge < -0.3 is 14.6 Å². The zero-order valence-corrected chi connectivity index (χ0v) is 19.1. The number of hydrogen-bond acceptors (Lipinski definition) is 4. The zero-order chi connectivity index (χ0) is 22.4. The summed E-state index contributed by atoms with van der Waals surface area (Å²) >= 11 is -1.30.